The van der Waals surface area contributed by atoms with E-state index in [2.05, 4.69) is 0 Å². The molecule has 1 heterocycles. The van der Waals surface area contributed by atoms with E-state index in [0.717, 1.165) is 0 Å². The Bertz CT molecular complexity index is 361. The second kappa shape index (κ2) is 3.79. The number of hydrogen-bond acceptors (Lipinski definition) is 3. The minimum Gasteiger partial charge on any atom is -0.491 e. The molecule has 0 radical (unpaired) electrons. The third-order valence-electron chi connectivity index (χ3n) is 2.45. The number of halogens is 1. The van der Waals surface area contributed by atoms with Gasteiger partial charge in [-0.2, -0.15) is 0 Å². The Labute approximate surface area is 87.4 Å². The molecule has 0 unspecified atom stereocenters. The van der Waals surface area contributed by atoms with Crippen LogP contribution < -0.4 is 4.74 Å². The van der Waals surface area contributed by atoms with Crippen molar-refractivity contribution in [2.24, 2.45) is 0 Å². The standard InChI is InChI=1S/C11H13FO3/c1-2-15-10-4-3-8(5-9(10)12)11(13)6-14-7-11/h3-5,13H,2,6-7H2,1H3. The van der Waals surface area contributed by atoms with Gasteiger partial charge in [0.2, 0.25) is 0 Å². The summed E-state index contributed by atoms with van der Waals surface area (Å²) in [7, 11) is 0. The average Bonchev–Trinajstić information content (AvgIpc) is 2.18. The first kappa shape index (κ1) is 10.4. The highest BCUT2D eigenvalue weighted by atomic mass is 19.1. The summed E-state index contributed by atoms with van der Waals surface area (Å²) in [5.74, 6) is -0.236. The number of hydrogen-bond donors (Lipinski definition) is 1. The lowest BCUT2D eigenvalue weighted by Gasteiger charge is -2.36. The molecule has 4 heteroatoms. The number of benzene rings is 1. The lowest BCUT2D eigenvalue weighted by atomic mass is 9.92. The normalized spacial score (nSPS) is 18.3. The van der Waals surface area contributed by atoms with Crippen LogP contribution >= 0.6 is 0 Å². The Morgan fingerprint density at radius 1 is 1.53 bits per heavy atom. The first-order valence-corrected chi connectivity index (χ1v) is 4.88. The van der Waals surface area contributed by atoms with Crippen LogP contribution in [0.2, 0.25) is 0 Å². The van der Waals surface area contributed by atoms with Gasteiger partial charge in [-0.25, -0.2) is 4.39 Å². The zero-order valence-electron chi connectivity index (χ0n) is 8.50. The van der Waals surface area contributed by atoms with Crippen LogP contribution in [0.5, 0.6) is 5.75 Å². The van der Waals surface area contributed by atoms with Gasteiger partial charge in [0.05, 0.1) is 19.8 Å². The van der Waals surface area contributed by atoms with Crippen molar-refractivity contribution in [3.05, 3.63) is 29.6 Å². The fourth-order valence-electron chi connectivity index (χ4n) is 1.52. The van der Waals surface area contributed by atoms with Crippen LogP contribution in [0.3, 0.4) is 0 Å². The highest BCUT2D eigenvalue weighted by molar-refractivity contribution is 5.33. The van der Waals surface area contributed by atoms with Gasteiger partial charge in [-0.3, -0.25) is 0 Å². The molecule has 1 aromatic carbocycles. The summed E-state index contributed by atoms with van der Waals surface area (Å²) in [6, 6.07) is 4.49. The Balaban J connectivity index is 2.25. The van der Waals surface area contributed by atoms with Gasteiger partial charge in [0.25, 0.3) is 0 Å². The van der Waals surface area contributed by atoms with E-state index in [0.29, 0.717) is 12.2 Å². The highest BCUT2D eigenvalue weighted by Crippen LogP contribution is 2.31. The Kier molecular flexibility index (Phi) is 2.63. The number of rotatable bonds is 3. The van der Waals surface area contributed by atoms with Crippen LogP contribution in [-0.4, -0.2) is 24.9 Å². The molecule has 1 aliphatic heterocycles. The molecule has 2 rings (SSSR count). The molecule has 3 nitrogen and oxygen atoms in total. The van der Waals surface area contributed by atoms with Crippen molar-refractivity contribution < 1.29 is 19.0 Å². The maximum absolute atomic E-state index is 13.5. The SMILES string of the molecule is CCOc1ccc(C2(O)COC2)cc1F. The van der Waals surface area contributed by atoms with Gasteiger partial charge in [-0.1, -0.05) is 6.07 Å². The van der Waals surface area contributed by atoms with E-state index in [9.17, 15) is 9.50 Å². The van der Waals surface area contributed by atoms with Gasteiger partial charge in [-0.15, -0.1) is 0 Å². The molecule has 0 bridgehead atoms. The molecule has 1 saturated heterocycles. The summed E-state index contributed by atoms with van der Waals surface area (Å²) < 4.78 is 23.4. The van der Waals surface area contributed by atoms with Crippen LogP contribution in [0.4, 0.5) is 4.39 Å². The average molecular weight is 212 g/mol. The van der Waals surface area contributed by atoms with Crippen LogP contribution in [0.15, 0.2) is 18.2 Å². The maximum atomic E-state index is 13.5. The smallest absolute Gasteiger partial charge is 0.165 e. The summed E-state index contributed by atoms with van der Waals surface area (Å²) in [6.07, 6.45) is 0. The Morgan fingerprint density at radius 3 is 2.73 bits per heavy atom. The minimum atomic E-state index is -1.02. The molecule has 0 saturated carbocycles. The molecular formula is C11H13FO3. The van der Waals surface area contributed by atoms with Gasteiger partial charge >= 0.3 is 0 Å². The monoisotopic (exact) mass is 212 g/mol. The zero-order valence-corrected chi connectivity index (χ0v) is 8.50. The van der Waals surface area contributed by atoms with Gasteiger partial charge in [0.15, 0.2) is 11.6 Å². The lowest BCUT2D eigenvalue weighted by Crippen LogP contribution is -2.46. The van der Waals surface area contributed by atoms with Crippen molar-refractivity contribution in [3.63, 3.8) is 0 Å². The second-order valence-corrected chi connectivity index (χ2v) is 3.60. The summed E-state index contributed by atoms with van der Waals surface area (Å²) in [6.45, 7) is 2.66. The molecule has 1 aromatic rings. The van der Waals surface area contributed by atoms with Crippen molar-refractivity contribution in [1.82, 2.24) is 0 Å². The fourth-order valence-corrected chi connectivity index (χ4v) is 1.52. The third-order valence-corrected chi connectivity index (χ3v) is 2.45. The largest absolute Gasteiger partial charge is 0.491 e. The fraction of sp³-hybridized carbons (Fsp3) is 0.455. The van der Waals surface area contributed by atoms with Crippen molar-refractivity contribution in [3.8, 4) is 5.75 Å². The predicted molar refractivity (Wildman–Crippen MR) is 52.3 cm³/mol. The van der Waals surface area contributed by atoms with E-state index in [1.54, 1.807) is 13.0 Å². The zero-order chi connectivity index (χ0) is 10.9. The minimum absolute atomic E-state index is 0.213. The molecule has 1 N–H and O–H groups in total. The molecule has 15 heavy (non-hydrogen) atoms. The molecule has 0 amide bonds. The van der Waals surface area contributed by atoms with E-state index >= 15 is 0 Å². The first-order chi connectivity index (χ1) is 7.15. The van der Waals surface area contributed by atoms with Crippen molar-refractivity contribution >= 4 is 0 Å². The number of ether oxygens (including phenoxy) is 2. The predicted octanol–water partition coefficient (Wildman–Crippen LogP) is 1.44. The summed E-state index contributed by atoms with van der Waals surface area (Å²) in [5.41, 5.74) is -0.485. The molecule has 1 fully saturated rings. The maximum Gasteiger partial charge on any atom is 0.165 e. The van der Waals surface area contributed by atoms with E-state index in [-0.39, 0.29) is 19.0 Å². The molecule has 82 valence electrons. The molecule has 0 aromatic heterocycles. The van der Waals surface area contributed by atoms with Crippen molar-refractivity contribution in [2.45, 2.75) is 12.5 Å². The van der Waals surface area contributed by atoms with Gasteiger partial charge < -0.3 is 14.6 Å². The summed E-state index contributed by atoms with van der Waals surface area (Å²) in [5, 5.41) is 9.89. The third kappa shape index (κ3) is 1.82. The molecular weight excluding hydrogens is 199 g/mol. The second-order valence-electron chi connectivity index (χ2n) is 3.60. The first-order valence-electron chi connectivity index (χ1n) is 4.88. The van der Waals surface area contributed by atoms with Crippen molar-refractivity contribution in [2.75, 3.05) is 19.8 Å². The van der Waals surface area contributed by atoms with E-state index < -0.39 is 11.4 Å². The van der Waals surface area contributed by atoms with Crippen LogP contribution in [0, 0.1) is 5.82 Å². The van der Waals surface area contributed by atoms with Crippen LogP contribution in [-0.2, 0) is 10.3 Å². The Hall–Kier alpha value is -1.13. The van der Waals surface area contributed by atoms with Gasteiger partial charge in [-0.05, 0) is 24.6 Å². The quantitative estimate of drug-likeness (QED) is 0.824. The number of aliphatic hydroxyl groups is 1. The lowest BCUT2D eigenvalue weighted by molar-refractivity contribution is -0.184. The summed E-state index contributed by atoms with van der Waals surface area (Å²) >= 11 is 0. The van der Waals surface area contributed by atoms with E-state index in [1.807, 2.05) is 0 Å². The molecule has 0 aliphatic carbocycles. The summed E-state index contributed by atoms with van der Waals surface area (Å²) in [4.78, 5) is 0. The molecule has 0 atom stereocenters. The van der Waals surface area contributed by atoms with Gasteiger partial charge in [0.1, 0.15) is 5.60 Å². The molecule has 0 spiro atoms. The van der Waals surface area contributed by atoms with Crippen molar-refractivity contribution in [1.29, 1.82) is 0 Å². The topological polar surface area (TPSA) is 38.7 Å². The highest BCUT2D eigenvalue weighted by Gasteiger charge is 2.38. The van der Waals surface area contributed by atoms with E-state index in [4.69, 9.17) is 9.47 Å². The van der Waals surface area contributed by atoms with Crippen LogP contribution in [0.1, 0.15) is 12.5 Å². The van der Waals surface area contributed by atoms with Crippen LogP contribution in [0.25, 0.3) is 0 Å². The Morgan fingerprint density at radius 2 is 2.27 bits per heavy atom. The van der Waals surface area contributed by atoms with Gasteiger partial charge in [0, 0.05) is 0 Å². The molecule has 1 aliphatic rings. The van der Waals surface area contributed by atoms with E-state index in [1.165, 1.54) is 12.1 Å².